The molecule has 5 heteroatoms. The Morgan fingerprint density at radius 2 is 1.76 bits per heavy atom. The number of hydrogen-bond donors (Lipinski definition) is 1. The topological polar surface area (TPSA) is 49.4 Å². The van der Waals surface area contributed by atoms with Crippen LogP contribution < -0.4 is 5.32 Å². The predicted molar refractivity (Wildman–Crippen MR) is 101 cm³/mol. The third-order valence-electron chi connectivity index (χ3n) is 4.46. The number of nitrogens with zero attached hydrogens (tertiary/aromatic N) is 1. The van der Waals surface area contributed by atoms with Crippen LogP contribution in [0.5, 0.6) is 0 Å². The van der Waals surface area contributed by atoms with E-state index in [1.165, 1.54) is 5.56 Å². The summed E-state index contributed by atoms with van der Waals surface area (Å²) in [5.41, 5.74) is 3.33. The summed E-state index contributed by atoms with van der Waals surface area (Å²) in [7, 11) is 0. The van der Waals surface area contributed by atoms with Crippen LogP contribution in [0.25, 0.3) is 0 Å². The number of aryl methyl sites for hydroxylation is 1. The van der Waals surface area contributed by atoms with E-state index in [9.17, 15) is 9.59 Å². The number of amides is 2. The highest BCUT2D eigenvalue weighted by Gasteiger charge is 2.34. The van der Waals surface area contributed by atoms with E-state index in [2.05, 4.69) is 21.2 Å². The summed E-state index contributed by atoms with van der Waals surface area (Å²) in [6.07, 6.45) is 0.290. The minimum absolute atomic E-state index is 0.0457. The lowest BCUT2D eigenvalue weighted by Gasteiger charge is -2.17. The molecule has 2 aromatic carbocycles. The first kappa shape index (κ1) is 17.7. The van der Waals surface area contributed by atoms with Crippen molar-refractivity contribution in [2.75, 3.05) is 6.54 Å². The van der Waals surface area contributed by atoms with Gasteiger partial charge in [-0.3, -0.25) is 9.59 Å². The Morgan fingerprint density at radius 1 is 1.12 bits per heavy atom. The zero-order chi connectivity index (χ0) is 17.8. The summed E-state index contributed by atoms with van der Waals surface area (Å²) in [6.45, 7) is 3.57. The predicted octanol–water partition coefficient (Wildman–Crippen LogP) is 3.42. The molecular weight excluding hydrogens is 380 g/mol. The molecule has 0 bridgehead atoms. The van der Waals surface area contributed by atoms with Gasteiger partial charge in [0.05, 0.1) is 5.92 Å². The van der Waals surface area contributed by atoms with E-state index in [1.54, 1.807) is 4.90 Å². The van der Waals surface area contributed by atoms with Gasteiger partial charge in [0.1, 0.15) is 0 Å². The average molecular weight is 401 g/mol. The Kier molecular flexibility index (Phi) is 5.53. The van der Waals surface area contributed by atoms with Gasteiger partial charge in [0.15, 0.2) is 0 Å². The van der Waals surface area contributed by atoms with E-state index >= 15 is 0 Å². The summed E-state index contributed by atoms with van der Waals surface area (Å²) < 4.78 is 1.01. The molecule has 0 saturated carbocycles. The van der Waals surface area contributed by atoms with Gasteiger partial charge in [0.2, 0.25) is 11.8 Å². The Hall–Kier alpha value is -2.14. The van der Waals surface area contributed by atoms with E-state index in [0.29, 0.717) is 19.6 Å². The van der Waals surface area contributed by atoms with Crippen molar-refractivity contribution < 1.29 is 9.59 Å². The van der Waals surface area contributed by atoms with Gasteiger partial charge in [-0.05, 0) is 30.2 Å². The highest BCUT2D eigenvalue weighted by Crippen LogP contribution is 2.21. The van der Waals surface area contributed by atoms with Gasteiger partial charge < -0.3 is 10.2 Å². The average Bonchev–Trinajstić information content (AvgIpc) is 2.97. The number of carbonyl (C=O) groups is 2. The fraction of sp³-hybridized carbons (Fsp3) is 0.300. The van der Waals surface area contributed by atoms with Crippen LogP contribution in [0.1, 0.15) is 23.1 Å². The first-order valence-electron chi connectivity index (χ1n) is 8.37. The summed E-state index contributed by atoms with van der Waals surface area (Å²) >= 11 is 3.39. The Balaban J connectivity index is 1.53. The normalized spacial score (nSPS) is 17.0. The fourth-order valence-electron chi connectivity index (χ4n) is 2.95. The second-order valence-electron chi connectivity index (χ2n) is 6.51. The van der Waals surface area contributed by atoms with Gasteiger partial charge in [-0.25, -0.2) is 0 Å². The molecule has 3 rings (SSSR count). The van der Waals surface area contributed by atoms with Gasteiger partial charge in [0, 0.05) is 30.5 Å². The van der Waals surface area contributed by atoms with Gasteiger partial charge in [-0.2, -0.15) is 0 Å². The van der Waals surface area contributed by atoms with Gasteiger partial charge >= 0.3 is 0 Å². The molecule has 1 unspecified atom stereocenters. The number of nitrogens with one attached hydrogen (secondary N) is 1. The first-order valence-corrected chi connectivity index (χ1v) is 9.16. The molecule has 130 valence electrons. The van der Waals surface area contributed by atoms with Crippen LogP contribution >= 0.6 is 15.9 Å². The van der Waals surface area contributed by atoms with Gasteiger partial charge in [0.25, 0.3) is 0 Å². The van der Waals surface area contributed by atoms with Crippen molar-refractivity contribution in [3.8, 4) is 0 Å². The van der Waals surface area contributed by atoms with E-state index in [-0.39, 0.29) is 24.2 Å². The second kappa shape index (κ2) is 7.83. The third kappa shape index (κ3) is 4.69. The molecule has 1 heterocycles. The molecule has 2 amide bonds. The van der Waals surface area contributed by atoms with Crippen LogP contribution in [-0.4, -0.2) is 23.3 Å². The highest BCUT2D eigenvalue weighted by molar-refractivity contribution is 9.10. The molecule has 0 radical (unpaired) electrons. The van der Waals surface area contributed by atoms with Crippen LogP contribution in [-0.2, 0) is 22.7 Å². The smallest absolute Gasteiger partial charge is 0.225 e. The molecule has 1 aliphatic heterocycles. The lowest BCUT2D eigenvalue weighted by atomic mass is 10.1. The van der Waals surface area contributed by atoms with Gasteiger partial charge in [-0.15, -0.1) is 0 Å². The monoisotopic (exact) mass is 400 g/mol. The van der Waals surface area contributed by atoms with E-state index in [1.807, 2.05) is 55.5 Å². The summed E-state index contributed by atoms with van der Waals surface area (Å²) in [5.74, 6) is -0.277. The van der Waals surface area contributed by atoms with Crippen molar-refractivity contribution in [1.29, 1.82) is 0 Å². The lowest BCUT2D eigenvalue weighted by Crippen LogP contribution is -2.32. The second-order valence-corrected chi connectivity index (χ2v) is 7.42. The Labute approximate surface area is 156 Å². The molecule has 0 aromatic heterocycles. The number of benzene rings is 2. The van der Waals surface area contributed by atoms with Crippen molar-refractivity contribution >= 4 is 27.7 Å². The quantitative estimate of drug-likeness (QED) is 0.835. The van der Waals surface area contributed by atoms with Crippen LogP contribution in [0.15, 0.2) is 53.0 Å². The van der Waals surface area contributed by atoms with Crippen LogP contribution in [0, 0.1) is 12.8 Å². The summed E-state index contributed by atoms with van der Waals surface area (Å²) in [6, 6.07) is 16.0. The molecule has 2 aromatic rings. The maximum atomic E-state index is 12.4. The van der Waals surface area contributed by atoms with Crippen LogP contribution in [0.2, 0.25) is 0 Å². The van der Waals surface area contributed by atoms with E-state index in [0.717, 1.165) is 15.6 Å². The first-order chi connectivity index (χ1) is 12.0. The minimum Gasteiger partial charge on any atom is -0.352 e. The zero-order valence-electron chi connectivity index (χ0n) is 14.2. The fourth-order valence-corrected chi connectivity index (χ4v) is 3.21. The van der Waals surface area contributed by atoms with Crippen molar-refractivity contribution in [1.82, 2.24) is 10.2 Å². The molecular formula is C20H21BrN2O2. The highest BCUT2D eigenvalue weighted by atomic mass is 79.9. The SMILES string of the molecule is Cc1ccc(CN2CC(C(=O)NCc3ccc(Br)cc3)CC2=O)cc1. The van der Waals surface area contributed by atoms with E-state index < -0.39 is 0 Å². The molecule has 25 heavy (non-hydrogen) atoms. The molecule has 1 aliphatic rings. The maximum Gasteiger partial charge on any atom is 0.225 e. The lowest BCUT2D eigenvalue weighted by molar-refractivity contribution is -0.129. The summed E-state index contributed by atoms with van der Waals surface area (Å²) in [5, 5.41) is 2.94. The number of rotatable bonds is 5. The van der Waals surface area contributed by atoms with Crippen LogP contribution in [0.4, 0.5) is 0 Å². The minimum atomic E-state index is -0.270. The van der Waals surface area contributed by atoms with Crippen molar-refractivity contribution in [2.24, 2.45) is 5.92 Å². The standard InChI is InChI=1S/C20H21BrN2O2/c1-14-2-4-16(5-3-14)12-23-13-17(10-19(23)24)20(25)22-11-15-6-8-18(21)9-7-15/h2-9,17H,10-13H2,1H3,(H,22,25). The van der Waals surface area contributed by atoms with Crippen LogP contribution in [0.3, 0.4) is 0 Å². The van der Waals surface area contributed by atoms with E-state index in [4.69, 9.17) is 0 Å². The molecule has 1 fully saturated rings. The number of halogens is 1. The number of carbonyl (C=O) groups excluding carboxylic acids is 2. The maximum absolute atomic E-state index is 12.4. The molecule has 1 N–H and O–H groups in total. The number of hydrogen-bond acceptors (Lipinski definition) is 2. The van der Waals surface area contributed by atoms with Crippen molar-refractivity contribution in [3.63, 3.8) is 0 Å². The number of likely N-dealkylation sites (tertiary alicyclic amines) is 1. The molecule has 4 nitrogen and oxygen atoms in total. The molecule has 1 saturated heterocycles. The molecule has 1 atom stereocenters. The zero-order valence-corrected chi connectivity index (χ0v) is 15.8. The molecule has 0 aliphatic carbocycles. The van der Waals surface area contributed by atoms with Crippen molar-refractivity contribution in [3.05, 3.63) is 69.7 Å². The van der Waals surface area contributed by atoms with Gasteiger partial charge in [-0.1, -0.05) is 57.9 Å². The Bertz CT molecular complexity index is 756. The third-order valence-corrected chi connectivity index (χ3v) is 4.99. The largest absolute Gasteiger partial charge is 0.352 e. The Morgan fingerprint density at radius 3 is 2.44 bits per heavy atom. The summed E-state index contributed by atoms with van der Waals surface area (Å²) in [4.78, 5) is 26.4. The van der Waals surface area contributed by atoms with Crippen molar-refractivity contribution in [2.45, 2.75) is 26.4 Å². The molecule has 0 spiro atoms.